The Balaban J connectivity index is 1.57. The van der Waals surface area contributed by atoms with Crippen molar-refractivity contribution < 1.29 is 14.0 Å². The molecule has 0 aromatic carbocycles. The van der Waals surface area contributed by atoms with E-state index in [9.17, 15) is 9.59 Å². The van der Waals surface area contributed by atoms with Crippen molar-refractivity contribution >= 4 is 11.8 Å². The third-order valence-corrected chi connectivity index (χ3v) is 4.46. The summed E-state index contributed by atoms with van der Waals surface area (Å²) in [6.45, 7) is 2.03. The van der Waals surface area contributed by atoms with E-state index in [1.165, 1.54) is 19.3 Å². The Labute approximate surface area is 138 Å². The Kier molecular flexibility index (Phi) is 7.17. The van der Waals surface area contributed by atoms with Gasteiger partial charge in [0.15, 0.2) is 0 Å². The molecule has 1 heterocycles. The van der Waals surface area contributed by atoms with Crippen LogP contribution in [0.2, 0.25) is 0 Å². The standard InChI is InChI=1S/C18H28N2O3/c1-14(9-10-16-8-5-11-23-16)20-18(22)13-19-17(21)12-15-6-3-2-4-7-15/h5,8,11,14-15H,2-4,6-7,9-10,12-13H2,1H3,(H,19,21)(H,20,22)/t14-/m1/s1. The molecule has 2 amide bonds. The molecule has 0 unspecified atom stereocenters. The van der Waals surface area contributed by atoms with Gasteiger partial charge in [-0.05, 0) is 44.2 Å². The van der Waals surface area contributed by atoms with E-state index in [1.807, 2.05) is 19.1 Å². The number of rotatable bonds is 8. The fourth-order valence-corrected chi connectivity index (χ4v) is 3.12. The van der Waals surface area contributed by atoms with Gasteiger partial charge in [-0.2, -0.15) is 0 Å². The van der Waals surface area contributed by atoms with E-state index in [1.54, 1.807) is 6.26 Å². The Morgan fingerprint density at radius 2 is 2.04 bits per heavy atom. The Bertz CT molecular complexity index is 478. The van der Waals surface area contributed by atoms with Crippen LogP contribution >= 0.6 is 0 Å². The van der Waals surface area contributed by atoms with Crippen molar-refractivity contribution in [1.82, 2.24) is 10.6 Å². The largest absolute Gasteiger partial charge is 0.469 e. The summed E-state index contributed by atoms with van der Waals surface area (Å²) in [4.78, 5) is 23.7. The van der Waals surface area contributed by atoms with Crippen LogP contribution in [0, 0.1) is 5.92 Å². The van der Waals surface area contributed by atoms with Gasteiger partial charge in [0, 0.05) is 18.9 Å². The Hall–Kier alpha value is -1.78. The third kappa shape index (κ3) is 6.89. The lowest BCUT2D eigenvalue weighted by molar-refractivity contribution is -0.127. The lowest BCUT2D eigenvalue weighted by Crippen LogP contribution is -2.41. The summed E-state index contributed by atoms with van der Waals surface area (Å²) in [6, 6.07) is 3.85. The highest BCUT2D eigenvalue weighted by molar-refractivity contribution is 5.84. The van der Waals surface area contributed by atoms with E-state index in [4.69, 9.17) is 4.42 Å². The topological polar surface area (TPSA) is 71.3 Å². The second kappa shape index (κ2) is 9.38. The van der Waals surface area contributed by atoms with Crippen LogP contribution in [-0.4, -0.2) is 24.4 Å². The molecule has 1 aliphatic rings. The molecule has 1 saturated carbocycles. The van der Waals surface area contributed by atoms with Gasteiger partial charge in [-0.15, -0.1) is 0 Å². The Morgan fingerprint density at radius 3 is 2.74 bits per heavy atom. The summed E-state index contributed by atoms with van der Waals surface area (Å²) < 4.78 is 5.27. The van der Waals surface area contributed by atoms with Crippen molar-refractivity contribution in [3.8, 4) is 0 Å². The number of aryl methyl sites for hydroxylation is 1. The second-order valence-electron chi connectivity index (χ2n) is 6.57. The smallest absolute Gasteiger partial charge is 0.239 e. The number of furan rings is 1. The molecule has 1 aliphatic carbocycles. The summed E-state index contributed by atoms with van der Waals surface area (Å²) >= 11 is 0. The molecule has 1 fully saturated rings. The molecule has 128 valence electrons. The first-order chi connectivity index (χ1) is 11.1. The van der Waals surface area contributed by atoms with Gasteiger partial charge in [0.05, 0.1) is 12.8 Å². The van der Waals surface area contributed by atoms with Gasteiger partial charge in [0.25, 0.3) is 0 Å². The van der Waals surface area contributed by atoms with Crippen LogP contribution in [0.5, 0.6) is 0 Å². The predicted octanol–water partition coefficient (Wildman–Crippen LogP) is 2.80. The van der Waals surface area contributed by atoms with Crippen molar-refractivity contribution in [2.24, 2.45) is 5.92 Å². The number of hydrogen-bond acceptors (Lipinski definition) is 3. The van der Waals surface area contributed by atoms with Gasteiger partial charge in [-0.25, -0.2) is 0 Å². The first kappa shape index (κ1) is 17.6. The number of carbonyl (C=O) groups excluding carboxylic acids is 2. The number of nitrogens with one attached hydrogen (secondary N) is 2. The van der Waals surface area contributed by atoms with Crippen molar-refractivity contribution in [3.05, 3.63) is 24.2 Å². The molecule has 0 radical (unpaired) electrons. The van der Waals surface area contributed by atoms with Crippen LogP contribution in [0.4, 0.5) is 0 Å². The minimum Gasteiger partial charge on any atom is -0.469 e. The predicted molar refractivity (Wildman–Crippen MR) is 88.8 cm³/mol. The molecule has 0 saturated heterocycles. The highest BCUT2D eigenvalue weighted by Crippen LogP contribution is 2.25. The lowest BCUT2D eigenvalue weighted by Gasteiger charge is -2.21. The molecular weight excluding hydrogens is 292 g/mol. The molecule has 5 nitrogen and oxygen atoms in total. The first-order valence-corrected chi connectivity index (χ1v) is 8.72. The van der Waals surface area contributed by atoms with Crippen LogP contribution in [0.3, 0.4) is 0 Å². The molecule has 5 heteroatoms. The molecular formula is C18H28N2O3. The van der Waals surface area contributed by atoms with E-state index < -0.39 is 0 Å². The van der Waals surface area contributed by atoms with Crippen LogP contribution in [0.15, 0.2) is 22.8 Å². The zero-order chi connectivity index (χ0) is 16.5. The van der Waals surface area contributed by atoms with Gasteiger partial charge in [0.1, 0.15) is 5.76 Å². The molecule has 1 atom stereocenters. The zero-order valence-corrected chi connectivity index (χ0v) is 14.0. The average molecular weight is 320 g/mol. The second-order valence-corrected chi connectivity index (χ2v) is 6.57. The molecule has 2 rings (SSSR count). The molecule has 1 aromatic heterocycles. The third-order valence-electron chi connectivity index (χ3n) is 4.46. The molecule has 0 aliphatic heterocycles. The van der Waals surface area contributed by atoms with Crippen LogP contribution in [0.1, 0.15) is 57.6 Å². The number of hydrogen-bond donors (Lipinski definition) is 2. The lowest BCUT2D eigenvalue weighted by atomic mass is 9.87. The quantitative estimate of drug-likeness (QED) is 0.773. The summed E-state index contributed by atoms with van der Waals surface area (Å²) in [6.07, 6.45) is 9.85. The van der Waals surface area contributed by atoms with Gasteiger partial charge < -0.3 is 15.1 Å². The number of carbonyl (C=O) groups is 2. The maximum absolute atomic E-state index is 11.9. The summed E-state index contributed by atoms with van der Waals surface area (Å²) in [5.74, 6) is 1.29. The van der Waals surface area contributed by atoms with Gasteiger partial charge in [-0.3, -0.25) is 9.59 Å². The monoisotopic (exact) mass is 320 g/mol. The fourth-order valence-electron chi connectivity index (χ4n) is 3.12. The van der Waals surface area contributed by atoms with Crippen molar-refractivity contribution in [2.75, 3.05) is 6.54 Å². The van der Waals surface area contributed by atoms with Gasteiger partial charge >= 0.3 is 0 Å². The van der Waals surface area contributed by atoms with E-state index in [-0.39, 0.29) is 24.4 Å². The molecule has 0 bridgehead atoms. The highest BCUT2D eigenvalue weighted by Gasteiger charge is 2.17. The van der Waals surface area contributed by atoms with E-state index in [0.29, 0.717) is 12.3 Å². The maximum atomic E-state index is 11.9. The van der Waals surface area contributed by atoms with Crippen LogP contribution < -0.4 is 10.6 Å². The minimum atomic E-state index is -0.131. The van der Waals surface area contributed by atoms with Gasteiger partial charge in [0.2, 0.25) is 11.8 Å². The molecule has 2 N–H and O–H groups in total. The maximum Gasteiger partial charge on any atom is 0.239 e. The van der Waals surface area contributed by atoms with Gasteiger partial charge in [-0.1, -0.05) is 19.3 Å². The van der Waals surface area contributed by atoms with Crippen molar-refractivity contribution in [3.63, 3.8) is 0 Å². The normalized spacial score (nSPS) is 16.7. The Morgan fingerprint density at radius 1 is 1.26 bits per heavy atom. The van der Waals surface area contributed by atoms with Crippen LogP contribution in [-0.2, 0) is 16.0 Å². The zero-order valence-electron chi connectivity index (χ0n) is 14.0. The number of amides is 2. The summed E-state index contributed by atoms with van der Waals surface area (Å²) in [5.41, 5.74) is 0. The summed E-state index contributed by atoms with van der Waals surface area (Å²) in [5, 5.41) is 5.64. The first-order valence-electron chi connectivity index (χ1n) is 8.72. The fraction of sp³-hybridized carbons (Fsp3) is 0.667. The summed E-state index contributed by atoms with van der Waals surface area (Å²) in [7, 11) is 0. The average Bonchev–Trinajstić information content (AvgIpc) is 3.05. The minimum absolute atomic E-state index is 0.00436. The molecule has 1 aromatic rings. The molecule has 23 heavy (non-hydrogen) atoms. The van der Waals surface area contributed by atoms with E-state index in [0.717, 1.165) is 31.4 Å². The van der Waals surface area contributed by atoms with Crippen molar-refractivity contribution in [2.45, 2.75) is 64.3 Å². The van der Waals surface area contributed by atoms with Crippen LogP contribution in [0.25, 0.3) is 0 Å². The van der Waals surface area contributed by atoms with E-state index in [2.05, 4.69) is 10.6 Å². The van der Waals surface area contributed by atoms with Crippen molar-refractivity contribution in [1.29, 1.82) is 0 Å². The molecule has 0 spiro atoms. The highest BCUT2D eigenvalue weighted by atomic mass is 16.3. The SMILES string of the molecule is C[C@H](CCc1ccco1)NC(=O)CNC(=O)CC1CCCCC1. The van der Waals surface area contributed by atoms with E-state index >= 15 is 0 Å².